The Morgan fingerprint density at radius 3 is 2.27 bits per heavy atom. The van der Waals surface area contributed by atoms with E-state index in [1.807, 2.05) is 6.07 Å². The van der Waals surface area contributed by atoms with Crippen molar-refractivity contribution in [2.75, 3.05) is 0 Å². The highest BCUT2D eigenvalue weighted by Gasteiger charge is 2.25. The molecule has 2 aliphatic carbocycles. The van der Waals surface area contributed by atoms with Crippen molar-refractivity contribution in [2.24, 2.45) is 5.92 Å². The lowest BCUT2D eigenvalue weighted by atomic mass is 9.77. The van der Waals surface area contributed by atoms with Crippen molar-refractivity contribution in [3.8, 4) is 6.07 Å². The van der Waals surface area contributed by atoms with Crippen LogP contribution in [-0.4, -0.2) is 0 Å². The Morgan fingerprint density at radius 2 is 1.63 bits per heavy atom. The zero-order chi connectivity index (χ0) is 21.3. The lowest BCUT2D eigenvalue weighted by Gasteiger charge is -2.29. The predicted molar refractivity (Wildman–Crippen MR) is 113 cm³/mol. The summed E-state index contributed by atoms with van der Waals surface area (Å²) in [5.41, 5.74) is 2.71. The van der Waals surface area contributed by atoms with Crippen molar-refractivity contribution in [3.63, 3.8) is 0 Å². The SMILES string of the molecule is CCCC1CCC(c2cc(F)c(C3=Cc4cc(F)c(C#N)cc4CC3)c(F)c2)CC1. The number of rotatable bonds is 4. The summed E-state index contributed by atoms with van der Waals surface area (Å²) in [5.74, 6) is -0.719. The summed E-state index contributed by atoms with van der Waals surface area (Å²) >= 11 is 0. The van der Waals surface area contributed by atoms with Crippen LogP contribution in [0.25, 0.3) is 11.6 Å². The van der Waals surface area contributed by atoms with Crippen molar-refractivity contribution in [2.45, 2.75) is 64.2 Å². The second-order valence-corrected chi connectivity index (χ2v) is 8.68. The average Bonchev–Trinajstić information content (AvgIpc) is 2.73. The molecule has 0 radical (unpaired) electrons. The van der Waals surface area contributed by atoms with Crippen LogP contribution in [0.3, 0.4) is 0 Å². The maximum Gasteiger partial charge on any atom is 0.141 e. The predicted octanol–water partition coefficient (Wildman–Crippen LogP) is 7.54. The third kappa shape index (κ3) is 4.03. The zero-order valence-corrected chi connectivity index (χ0v) is 17.3. The number of nitrogens with zero attached hydrogens (tertiary/aromatic N) is 1. The number of halogens is 3. The first-order valence-corrected chi connectivity index (χ1v) is 10.9. The molecule has 0 aromatic heterocycles. The molecule has 0 amide bonds. The molecule has 0 N–H and O–H groups in total. The van der Waals surface area contributed by atoms with Crippen LogP contribution in [-0.2, 0) is 6.42 Å². The van der Waals surface area contributed by atoms with E-state index in [0.717, 1.165) is 42.7 Å². The molecule has 2 aromatic carbocycles. The Balaban J connectivity index is 1.60. The van der Waals surface area contributed by atoms with Gasteiger partial charge in [-0.3, -0.25) is 0 Å². The number of hydrogen-bond donors (Lipinski definition) is 0. The van der Waals surface area contributed by atoms with Crippen LogP contribution >= 0.6 is 0 Å². The number of aryl methyl sites for hydroxylation is 1. The quantitative estimate of drug-likeness (QED) is 0.512. The van der Waals surface area contributed by atoms with Crippen molar-refractivity contribution >= 4 is 11.6 Å². The van der Waals surface area contributed by atoms with Crippen molar-refractivity contribution < 1.29 is 13.2 Å². The van der Waals surface area contributed by atoms with Gasteiger partial charge in [0.15, 0.2) is 0 Å². The first-order chi connectivity index (χ1) is 14.5. The first-order valence-electron chi connectivity index (χ1n) is 10.9. The Kier molecular flexibility index (Phi) is 5.99. The van der Waals surface area contributed by atoms with Crippen LogP contribution in [0.4, 0.5) is 13.2 Å². The van der Waals surface area contributed by atoms with Crippen LogP contribution in [0.1, 0.15) is 85.6 Å². The van der Waals surface area contributed by atoms with Crippen LogP contribution in [0.2, 0.25) is 0 Å². The van der Waals surface area contributed by atoms with Crippen LogP contribution in [0, 0.1) is 34.7 Å². The molecule has 156 valence electrons. The largest absolute Gasteiger partial charge is 0.206 e. The van der Waals surface area contributed by atoms with Crippen LogP contribution in [0.15, 0.2) is 24.3 Å². The normalized spacial score (nSPS) is 21.0. The fourth-order valence-electron chi connectivity index (χ4n) is 5.12. The summed E-state index contributed by atoms with van der Waals surface area (Å²) in [4.78, 5) is 0. The summed E-state index contributed by atoms with van der Waals surface area (Å²) in [7, 11) is 0. The minimum atomic E-state index is -0.608. The molecular weight excluding hydrogens is 383 g/mol. The summed E-state index contributed by atoms with van der Waals surface area (Å²) in [6, 6.07) is 7.65. The lowest BCUT2D eigenvalue weighted by Crippen LogP contribution is -2.14. The average molecular weight is 409 g/mol. The second kappa shape index (κ2) is 8.68. The van der Waals surface area contributed by atoms with E-state index in [1.165, 1.54) is 37.1 Å². The van der Waals surface area contributed by atoms with Gasteiger partial charge in [0.1, 0.15) is 23.5 Å². The molecule has 4 rings (SSSR count). The van der Waals surface area contributed by atoms with Gasteiger partial charge in [-0.15, -0.1) is 0 Å². The van der Waals surface area contributed by atoms with E-state index < -0.39 is 17.5 Å². The maximum absolute atomic E-state index is 15.0. The molecule has 0 unspecified atom stereocenters. The van der Waals surface area contributed by atoms with Gasteiger partial charge < -0.3 is 0 Å². The molecule has 1 nitrogen and oxygen atoms in total. The standard InChI is InChI=1S/C26H26F3N/c1-2-3-16-4-6-17(7-5-16)21-13-24(28)26(25(29)14-21)19-9-8-18-10-22(15-30)23(27)12-20(18)11-19/h10-14,16-17H,2-9H2,1H3. The zero-order valence-electron chi connectivity index (χ0n) is 17.3. The van der Waals surface area contributed by atoms with Crippen LogP contribution in [0.5, 0.6) is 0 Å². The van der Waals surface area contributed by atoms with Gasteiger partial charge in [0.05, 0.1) is 5.56 Å². The minimum absolute atomic E-state index is 0.000900. The highest BCUT2D eigenvalue weighted by Crippen LogP contribution is 2.40. The molecule has 1 saturated carbocycles. The first kappa shape index (κ1) is 20.7. The van der Waals surface area contributed by atoms with Crippen LogP contribution < -0.4 is 0 Å². The van der Waals surface area contributed by atoms with Gasteiger partial charge in [-0.1, -0.05) is 25.8 Å². The van der Waals surface area contributed by atoms with E-state index in [1.54, 1.807) is 6.08 Å². The van der Waals surface area contributed by atoms with E-state index in [4.69, 9.17) is 5.26 Å². The van der Waals surface area contributed by atoms with Crippen molar-refractivity contribution in [1.29, 1.82) is 5.26 Å². The van der Waals surface area contributed by atoms with E-state index in [-0.39, 0.29) is 17.0 Å². The van der Waals surface area contributed by atoms with Crippen molar-refractivity contribution in [1.82, 2.24) is 0 Å². The third-order valence-electron chi connectivity index (χ3n) is 6.74. The summed E-state index contributed by atoms with van der Waals surface area (Å²) < 4.78 is 44.0. The van der Waals surface area contributed by atoms with Gasteiger partial charge in [-0.25, -0.2) is 13.2 Å². The minimum Gasteiger partial charge on any atom is -0.206 e. The van der Waals surface area contributed by atoms with Gasteiger partial charge in [0, 0.05) is 5.56 Å². The molecule has 0 spiro atoms. The summed E-state index contributed by atoms with van der Waals surface area (Å²) in [5, 5.41) is 8.99. The van der Waals surface area contributed by atoms with Gasteiger partial charge in [0.2, 0.25) is 0 Å². The maximum atomic E-state index is 15.0. The van der Waals surface area contributed by atoms with E-state index in [0.29, 0.717) is 24.0 Å². The third-order valence-corrected chi connectivity index (χ3v) is 6.74. The number of fused-ring (bicyclic) bond motifs is 1. The summed E-state index contributed by atoms with van der Waals surface area (Å²) in [6.45, 7) is 2.20. The Labute approximate surface area is 176 Å². The topological polar surface area (TPSA) is 23.8 Å². The number of benzene rings is 2. The van der Waals surface area contributed by atoms with Crippen molar-refractivity contribution in [3.05, 3.63) is 69.5 Å². The van der Waals surface area contributed by atoms with E-state index in [9.17, 15) is 4.39 Å². The highest BCUT2D eigenvalue weighted by atomic mass is 19.1. The Hall–Kier alpha value is -2.54. The highest BCUT2D eigenvalue weighted by molar-refractivity contribution is 5.85. The van der Waals surface area contributed by atoms with Gasteiger partial charge >= 0.3 is 0 Å². The molecule has 0 bridgehead atoms. The molecule has 0 saturated heterocycles. The van der Waals surface area contributed by atoms with Gasteiger partial charge in [0.25, 0.3) is 0 Å². The molecule has 2 aliphatic rings. The molecule has 0 aliphatic heterocycles. The molecule has 0 heterocycles. The molecule has 1 fully saturated rings. The fourth-order valence-corrected chi connectivity index (χ4v) is 5.12. The number of hydrogen-bond acceptors (Lipinski definition) is 1. The smallest absolute Gasteiger partial charge is 0.141 e. The fraction of sp³-hybridized carbons (Fsp3) is 0.423. The molecule has 0 atom stereocenters. The van der Waals surface area contributed by atoms with Gasteiger partial charge in [-0.2, -0.15) is 5.26 Å². The molecule has 30 heavy (non-hydrogen) atoms. The molecule has 2 aromatic rings. The summed E-state index contributed by atoms with van der Waals surface area (Å²) in [6.07, 6.45) is 9.28. The Morgan fingerprint density at radius 1 is 0.933 bits per heavy atom. The molecular formula is C26H26F3N. The van der Waals surface area contributed by atoms with Gasteiger partial charge in [-0.05, 0) is 96.9 Å². The van der Waals surface area contributed by atoms with E-state index >= 15 is 8.78 Å². The monoisotopic (exact) mass is 409 g/mol. The molecule has 4 heteroatoms. The lowest BCUT2D eigenvalue weighted by molar-refractivity contribution is 0.307. The van der Waals surface area contributed by atoms with E-state index in [2.05, 4.69) is 6.92 Å². The second-order valence-electron chi connectivity index (χ2n) is 8.68. The number of nitriles is 1. The Bertz CT molecular complexity index is 1000. The number of allylic oxidation sites excluding steroid dienone is 1.